The number of carbonyl (C=O) groups is 2. The maximum absolute atomic E-state index is 12.6. The Balaban J connectivity index is 1.57. The SMILES string of the molecule is CCC(CC)C(=O)N1CCN(C(=O)Cc2ccc3nc(C)oc3c2)CC1. The van der Waals surface area contributed by atoms with Crippen molar-refractivity contribution in [3.05, 3.63) is 29.7 Å². The molecule has 1 fully saturated rings. The Hall–Kier alpha value is -2.37. The quantitative estimate of drug-likeness (QED) is 0.825. The van der Waals surface area contributed by atoms with E-state index in [1.54, 1.807) is 0 Å². The van der Waals surface area contributed by atoms with E-state index < -0.39 is 0 Å². The summed E-state index contributed by atoms with van der Waals surface area (Å²) in [5.74, 6) is 1.06. The normalized spacial score (nSPS) is 15.1. The Kier molecular flexibility index (Phi) is 5.59. The Morgan fingerprint density at radius 1 is 1.12 bits per heavy atom. The second-order valence-electron chi connectivity index (χ2n) is 6.93. The maximum Gasteiger partial charge on any atom is 0.227 e. The number of aromatic nitrogens is 1. The van der Waals surface area contributed by atoms with E-state index in [0.717, 1.165) is 23.9 Å². The van der Waals surface area contributed by atoms with Crippen molar-refractivity contribution in [2.75, 3.05) is 26.2 Å². The van der Waals surface area contributed by atoms with E-state index in [4.69, 9.17) is 4.42 Å². The number of rotatable bonds is 5. The van der Waals surface area contributed by atoms with Gasteiger partial charge in [-0.05, 0) is 30.5 Å². The van der Waals surface area contributed by atoms with Gasteiger partial charge in [-0.25, -0.2) is 4.98 Å². The van der Waals surface area contributed by atoms with Gasteiger partial charge in [0.25, 0.3) is 0 Å². The molecule has 6 nitrogen and oxygen atoms in total. The number of fused-ring (bicyclic) bond motifs is 1. The molecule has 0 bridgehead atoms. The van der Waals surface area contributed by atoms with E-state index in [2.05, 4.69) is 18.8 Å². The van der Waals surface area contributed by atoms with Gasteiger partial charge < -0.3 is 14.2 Å². The predicted molar refractivity (Wildman–Crippen MR) is 99.7 cm³/mol. The smallest absolute Gasteiger partial charge is 0.227 e. The first-order valence-corrected chi connectivity index (χ1v) is 9.44. The van der Waals surface area contributed by atoms with Gasteiger partial charge in [0.05, 0.1) is 6.42 Å². The molecule has 1 aliphatic rings. The molecule has 1 aromatic carbocycles. The number of benzene rings is 1. The fraction of sp³-hybridized carbons (Fsp3) is 0.550. The van der Waals surface area contributed by atoms with E-state index in [-0.39, 0.29) is 17.7 Å². The van der Waals surface area contributed by atoms with Crippen molar-refractivity contribution < 1.29 is 14.0 Å². The summed E-state index contributed by atoms with van der Waals surface area (Å²) in [5, 5.41) is 0. The number of nitrogens with zero attached hydrogens (tertiary/aromatic N) is 3. The summed E-state index contributed by atoms with van der Waals surface area (Å²) < 4.78 is 5.54. The monoisotopic (exact) mass is 357 g/mol. The zero-order valence-electron chi connectivity index (χ0n) is 15.8. The third-order valence-corrected chi connectivity index (χ3v) is 5.19. The van der Waals surface area contributed by atoms with Crippen molar-refractivity contribution >= 4 is 22.9 Å². The number of amides is 2. The van der Waals surface area contributed by atoms with Crippen molar-refractivity contribution in [2.45, 2.75) is 40.0 Å². The van der Waals surface area contributed by atoms with E-state index >= 15 is 0 Å². The average Bonchev–Trinajstić information content (AvgIpc) is 3.02. The van der Waals surface area contributed by atoms with Gasteiger partial charge >= 0.3 is 0 Å². The minimum Gasteiger partial charge on any atom is -0.441 e. The molecule has 0 N–H and O–H groups in total. The molecule has 6 heteroatoms. The van der Waals surface area contributed by atoms with Gasteiger partial charge in [0, 0.05) is 39.0 Å². The van der Waals surface area contributed by atoms with Crippen LogP contribution >= 0.6 is 0 Å². The standard InChI is InChI=1S/C20H27N3O3/c1-4-16(5-2)20(25)23-10-8-22(9-11-23)19(24)13-15-6-7-17-18(12-15)26-14(3)21-17/h6-7,12,16H,4-5,8-11,13H2,1-3H3. The summed E-state index contributed by atoms with van der Waals surface area (Å²) in [5.41, 5.74) is 2.45. The Labute approximate surface area is 154 Å². The molecule has 2 amide bonds. The van der Waals surface area contributed by atoms with Gasteiger partial charge in [-0.3, -0.25) is 9.59 Å². The van der Waals surface area contributed by atoms with Crippen molar-refractivity contribution in [3.8, 4) is 0 Å². The van der Waals surface area contributed by atoms with Crippen LogP contribution in [-0.2, 0) is 16.0 Å². The highest BCUT2D eigenvalue weighted by atomic mass is 16.3. The first kappa shape index (κ1) is 18.4. The number of hydrogen-bond acceptors (Lipinski definition) is 4. The molecule has 1 saturated heterocycles. The lowest BCUT2D eigenvalue weighted by atomic mass is 10.0. The molecule has 140 valence electrons. The Morgan fingerprint density at radius 3 is 2.42 bits per heavy atom. The third kappa shape index (κ3) is 3.89. The van der Waals surface area contributed by atoms with Crippen molar-refractivity contribution in [3.63, 3.8) is 0 Å². The van der Waals surface area contributed by atoms with Gasteiger partial charge in [0.1, 0.15) is 5.52 Å². The minimum atomic E-state index is 0.0928. The van der Waals surface area contributed by atoms with Crippen LogP contribution in [0.25, 0.3) is 11.1 Å². The van der Waals surface area contributed by atoms with Crippen LogP contribution < -0.4 is 0 Å². The molecule has 26 heavy (non-hydrogen) atoms. The van der Waals surface area contributed by atoms with Crippen LogP contribution in [0.1, 0.15) is 38.1 Å². The van der Waals surface area contributed by atoms with Crippen molar-refractivity contribution in [2.24, 2.45) is 5.92 Å². The van der Waals surface area contributed by atoms with Crippen LogP contribution in [0, 0.1) is 12.8 Å². The summed E-state index contributed by atoms with van der Waals surface area (Å²) >= 11 is 0. The Morgan fingerprint density at radius 2 is 1.77 bits per heavy atom. The van der Waals surface area contributed by atoms with Crippen LogP contribution in [0.4, 0.5) is 0 Å². The molecule has 1 aromatic heterocycles. The number of oxazole rings is 1. The topological polar surface area (TPSA) is 66.7 Å². The average molecular weight is 357 g/mol. The van der Waals surface area contributed by atoms with Crippen LogP contribution in [0.5, 0.6) is 0 Å². The van der Waals surface area contributed by atoms with Crippen LogP contribution in [0.2, 0.25) is 0 Å². The molecule has 2 heterocycles. The van der Waals surface area contributed by atoms with E-state index in [9.17, 15) is 9.59 Å². The van der Waals surface area contributed by atoms with E-state index in [0.29, 0.717) is 44.1 Å². The number of carbonyl (C=O) groups excluding carboxylic acids is 2. The molecule has 0 aliphatic carbocycles. The van der Waals surface area contributed by atoms with Crippen LogP contribution in [0.3, 0.4) is 0 Å². The number of piperazine rings is 1. The van der Waals surface area contributed by atoms with Gasteiger partial charge in [-0.1, -0.05) is 19.9 Å². The Bertz CT molecular complexity index is 787. The zero-order valence-corrected chi connectivity index (χ0v) is 15.8. The van der Waals surface area contributed by atoms with Gasteiger partial charge in [0.2, 0.25) is 11.8 Å². The first-order chi connectivity index (χ1) is 12.5. The maximum atomic E-state index is 12.6. The highest BCUT2D eigenvalue weighted by molar-refractivity contribution is 5.82. The fourth-order valence-corrected chi connectivity index (χ4v) is 3.55. The lowest BCUT2D eigenvalue weighted by molar-refractivity contribution is -0.142. The molecule has 1 aliphatic heterocycles. The molecule has 2 aromatic rings. The molecule has 0 radical (unpaired) electrons. The molecule has 0 spiro atoms. The third-order valence-electron chi connectivity index (χ3n) is 5.19. The molecule has 0 saturated carbocycles. The summed E-state index contributed by atoms with van der Waals surface area (Å²) in [6, 6.07) is 5.70. The van der Waals surface area contributed by atoms with Crippen LogP contribution in [-0.4, -0.2) is 52.8 Å². The van der Waals surface area contributed by atoms with Gasteiger partial charge in [-0.2, -0.15) is 0 Å². The number of hydrogen-bond donors (Lipinski definition) is 0. The molecule has 3 rings (SSSR count). The second kappa shape index (κ2) is 7.89. The molecular weight excluding hydrogens is 330 g/mol. The van der Waals surface area contributed by atoms with Gasteiger partial charge in [0.15, 0.2) is 11.5 Å². The first-order valence-electron chi connectivity index (χ1n) is 9.44. The van der Waals surface area contributed by atoms with Gasteiger partial charge in [-0.15, -0.1) is 0 Å². The lowest BCUT2D eigenvalue weighted by Gasteiger charge is -2.36. The molecular formula is C20H27N3O3. The molecule has 0 atom stereocenters. The second-order valence-corrected chi connectivity index (χ2v) is 6.93. The molecule has 0 unspecified atom stereocenters. The largest absolute Gasteiger partial charge is 0.441 e. The number of aryl methyl sites for hydroxylation is 1. The predicted octanol–water partition coefficient (Wildman–Crippen LogP) is 2.79. The van der Waals surface area contributed by atoms with Crippen LogP contribution in [0.15, 0.2) is 22.6 Å². The fourth-order valence-electron chi connectivity index (χ4n) is 3.55. The lowest BCUT2D eigenvalue weighted by Crippen LogP contribution is -2.52. The van der Waals surface area contributed by atoms with Crippen molar-refractivity contribution in [1.29, 1.82) is 0 Å². The highest BCUT2D eigenvalue weighted by Crippen LogP contribution is 2.18. The summed E-state index contributed by atoms with van der Waals surface area (Å²) in [4.78, 5) is 33.1. The summed E-state index contributed by atoms with van der Waals surface area (Å²) in [6.45, 7) is 8.39. The zero-order chi connectivity index (χ0) is 18.7. The minimum absolute atomic E-state index is 0.0928. The van der Waals surface area contributed by atoms with E-state index in [1.165, 1.54) is 0 Å². The van der Waals surface area contributed by atoms with E-state index in [1.807, 2.05) is 34.9 Å². The van der Waals surface area contributed by atoms with Crippen molar-refractivity contribution in [1.82, 2.24) is 14.8 Å². The summed E-state index contributed by atoms with van der Waals surface area (Å²) in [6.07, 6.45) is 2.09. The highest BCUT2D eigenvalue weighted by Gasteiger charge is 2.27. The summed E-state index contributed by atoms with van der Waals surface area (Å²) in [7, 11) is 0.